The summed E-state index contributed by atoms with van der Waals surface area (Å²) in [7, 11) is -3.88. The largest absolute Gasteiger partial charge is 0.322 e. The number of primary sulfonamides is 1. The van der Waals surface area contributed by atoms with Gasteiger partial charge in [-0.1, -0.05) is 12.1 Å². The van der Waals surface area contributed by atoms with E-state index >= 15 is 0 Å². The Labute approximate surface area is 151 Å². The third kappa shape index (κ3) is 3.76. The Balaban J connectivity index is 1.84. The molecule has 2 amide bonds. The first-order chi connectivity index (χ1) is 12.3. The monoisotopic (exact) mass is 373 g/mol. The summed E-state index contributed by atoms with van der Waals surface area (Å²) in [6.07, 6.45) is 1.31. The van der Waals surface area contributed by atoms with Crippen LogP contribution in [-0.2, 0) is 14.8 Å². The molecule has 0 unspecified atom stereocenters. The molecule has 0 spiro atoms. The van der Waals surface area contributed by atoms with E-state index in [1.165, 1.54) is 6.07 Å². The minimum atomic E-state index is -3.88. The van der Waals surface area contributed by atoms with Crippen LogP contribution in [0.15, 0.2) is 47.4 Å². The Bertz CT molecular complexity index is 986. The van der Waals surface area contributed by atoms with Crippen molar-refractivity contribution in [3.63, 3.8) is 0 Å². The van der Waals surface area contributed by atoms with Crippen LogP contribution in [-0.4, -0.2) is 26.8 Å². The van der Waals surface area contributed by atoms with Crippen LogP contribution >= 0.6 is 0 Å². The number of nitrogens with two attached hydrogens (primary N) is 1. The van der Waals surface area contributed by atoms with Crippen molar-refractivity contribution in [2.45, 2.75) is 24.7 Å². The van der Waals surface area contributed by atoms with Gasteiger partial charge in [0.05, 0.1) is 4.90 Å². The molecule has 0 aliphatic carbocycles. The molecule has 0 bridgehead atoms. The lowest BCUT2D eigenvalue weighted by atomic mass is 10.1. The van der Waals surface area contributed by atoms with Gasteiger partial charge < -0.3 is 10.2 Å². The van der Waals surface area contributed by atoms with Crippen molar-refractivity contribution in [1.29, 1.82) is 0 Å². The van der Waals surface area contributed by atoms with E-state index in [0.717, 1.165) is 6.42 Å². The summed E-state index contributed by atoms with van der Waals surface area (Å²) in [4.78, 5) is 26.0. The Kier molecular flexibility index (Phi) is 4.80. The fourth-order valence-corrected chi connectivity index (χ4v) is 3.73. The fourth-order valence-electron chi connectivity index (χ4n) is 2.92. The average molecular weight is 373 g/mol. The first-order valence-corrected chi connectivity index (χ1v) is 9.65. The lowest BCUT2D eigenvalue weighted by Gasteiger charge is -2.16. The van der Waals surface area contributed by atoms with Gasteiger partial charge in [-0.3, -0.25) is 9.59 Å². The molecule has 8 heteroatoms. The second-order valence-electron chi connectivity index (χ2n) is 6.18. The van der Waals surface area contributed by atoms with E-state index in [2.05, 4.69) is 5.32 Å². The highest BCUT2D eigenvalue weighted by molar-refractivity contribution is 7.89. The van der Waals surface area contributed by atoms with Crippen LogP contribution in [0.25, 0.3) is 0 Å². The number of nitrogens with one attached hydrogen (secondary N) is 1. The van der Waals surface area contributed by atoms with Gasteiger partial charge in [0.15, 0.2) is 0 Å². The third-order valence-electron chi connectivity index (χ3n) is 4.25. The summed E-state index contributed by atoms with van der Waals surface area (Å²) in [6, 6.07) is 11.3. The number of carbonyl (C=O) groups excluding carboxylic acids is 2. The van der Waals surface area contributed by atoms with Crippen molar-refractivity contribution in [3.05, 3.63) is 53.6 Å². The van der Waals surface area contributed by atoms with Crippen LogP contribution in [0.2, 0.25) is 0 Å². The van der Waals surface area contributed by atoms with E-state index in [-0.39, 0.29) is 10.8 Å². The Morgan fingerprint density at radius 2 is 1.96 bits per heavy atom. The molecule has 2 aromatic rings. The van der Waals surface area contributed by atoms with Gasteiger partial charge in [0.1, 0.15) is 0 Å². The van der Waals surface area contributed by atoms with E-state index in [4.69, 9.17) is 5.14 Å². The van der Waals surface area contributed by atoms with Crippen LogP contribution in [0, 0.1) is 6.92 Å². The molecule has 0 aromatic heterocycles. The van der Waals surface area contributed by atoms with Crippen LogP contribution in [0.4, 0.5) is 11.4 Å². The molecule has 1 fully saturated rings. The molecular weight excluding hydrogens is 354 g/mol. The van der Waals surface area contributed by atoms with Crippen LogP contribution in [0.3, 0.4) is 0 Å². The highest BCUT2D eigenvalue weighted by atomic mass is 32.2. The normalized spacial score (nSPS) is 14.5. The lowest BCUT2D eigenvalue weighted by Crippen LogP contribution is -2.24. The number of carbonyl (C=O) groups is 2. The second kappa shape index (κ2) is 6.89. The minimum Gasteiger partial charge on any atom is -0.322 e. The molecular formula is C18H19N3O4S. The second-order valence-corrected chi connectivity index (χ2v) is 7.71. The van der Waals surface area contributed by atoms with Crippen molar-refractivity contribution >= 4 is 33.2 Å². The smallest absolute Gasteiger partial charge is 0.255 e. The van der Waals surface area contributed by atoms with Gasteiger partial charge in [-0.25, -0.2) is 13.6 Å². The topological polar surface area (TPSA) is 110 Å². The number of sulfonamides is 1. The molecule has 1 aliphatic rings. The highest BCUT2D eigenvalue weighted by Crippen LogP contribution is 2.23. The molecule has 2 aromatic carbocycles. The number of anilines is 2. The summed E-state index contributed by atoms with van der Waals surface area (Å²) in [6.45, 7) is 2.27. The van der Waals surface area contributed by atoms with Gasteiger partial charge >= 0.3 is 0 Å². The van der Waals surface area contributed by atoms with Crippen molar-refractivity contribution in [1.82, 2.24) is 0 Å². The van der Waals surface area contributed by atoms with Crippen LogP contribution < -0.4 is 15.4 Å². The molecule has 1 heterocycles. The van der Waals surface area contributed by atoms with Gasteiger partial charge in [-0.05, 0) is 49.2 Å². The van der Waals surface area contributed by atoms with Crippen LogP contribution in [0.1, 0.15) is 28.8 Å². The molecule has 1 saturated heterocycles. The maximum Gasteiger partial charge on any atom is 0.255 e. The molecule has 0 atom stereocenters. The SMILES string of the molecule is Cc1ccc(NC(=O)c2cccc(N3CCCC3=O)c2)cc1S(N)(=O)=O. The average Bonchev–Trinajstić information content (AvgIpc) is 3.02. The highest BCUT2D eigenvalue weighted by Gasteiger charge is 2.22. The molecule has 0 radical (unpaired) electrons. The number of rotatable bonds is 4. The molecule has 136 valence electrons. The zero-order valence-corrected chi connectivity index (χ0v) is 15.0. The van der Waals surface area contributed by atoms with Gasteiger partial charge in [-0.2, -0.15) is 0 Å². The zero-order chi connectivity index (χ0) is 18.9. The Morgan fingerprint density at radius 1 is 1.19 bits per heavy atom. The van der Waals surface area contributed by atoms with Crippen molar-refractivity contribution in [3.8, 4) is 0 Å². The van der Waals surface area contributed by atoms with E-state index in [1.807, 2.05) is 0 Å². The summed E-state index contributed by atoms with van der Waals surface area (Å²) < 4.78 is 23.2. The molecule has 26 heavy (non-hydrogen) atoms. The number of amides is 2. The number of nitrogens with zero attached hydrogens (tertiary/aromatic N) is 1. The number of aryl methyl sites for hydroxylation is 1. The Morgan fingerprint density at radius 3 is 2.62 bits per heavy atom. The van der Waals surface area contributed by atoms with E-state index in [9.17, 15) is 18.0 Å². The van der Waals surface area contributed by atoms with Gasteiger partial charge in [0, 0.05) is 29.9 Å². The van der Waals surface area contributed by atoms with E-state index < -0.39 is 15.9 Å². The van der Waals surface area contributed by atoms with Gasteiger partial charge in [-0.15, -0.1) is 0 Å². The molecule has 3 N–H and O–H groups in total. The quantitative estimate of drug-likeness (QED) is 0.854. The van der Waals surface area contributed by atoms with Crippen molar-refractivity contribution in [2.75, 3.05) is 16.8 Å². The minimum absolute atomic E-state index is 0.0354. The van der Waals surface area contributed by atoms with Crippen LogP contribution in [0.5, 0.6) is 0 Å². The number of hydrogen-bond acceptors (Lipinski definition) is 4. The first-order valence-electron chi connectivity index (χ1n) is 8.11. The predicted molar refractivity (Wildman–Crippen MR) is 98.5 cm³/mol. The first kappa shape index (κ1) is 18.1. The van der Waals surface area contributed by atoms with Crippen molar-refractivity contribution < 1.29 is 18.0 Å². The summed E-state index contributed by atoms with van der Waals surface area (Å²) in [5.41, 5.74) is 1.88. The fraction of sp³-hybridized carbons (Fsp3) is 0.222. The summed E-state index contributed by atoms with van der Waals surface area (Å²) in [5, 5.41) is 7.86. The van der Waals surface area contributed by atoms with Crippen molar-refractivity contribution in [2.24, 2.45) is 5.14 Å². The predicted octanol–water partition coefficient (Wildman–Crippen LogP) is 2.02. The molecule has 3 rings (SSSR count). The number of benzene rings is 2. The summed E-state index contributed by atoms with van der Waals surface area (Å²) in [5.74, 6) is -0.360. The Hall–Kier alpha value is -2.71. The molecule has 0 saturated carbocycles. The molecule has 1 aliphatic heterocycles. The van der Waals surface area contributed by atoms with Gasteiger partial charge in [0.25, 0.3) is 5.91 Å². The van der Waals surface area contributed by atoms with Gasteiger partial charge in [0.2, 0.25) is 15.9 Å². The third-order valence-corrected chi connectivity index (χ3v) is 5.30. The van der Waals surface area contributed by atoms with E-state index in [1.54, 1.807) is 48.2 Å². The lowest BCUT2D eigenvalue weighted by molar-refractivity contribution is -0.117. The summed E-state index contributed by atoms with van der Waals surface area (Å²) >= 11 is 0. The zero-order valence-electron chi connectivity index (χ0n) is 14.2. The number of hydrogen-bond donors (Lipinski definition) is 2. The standard InChI is InChI=1S/C18H19N3O4S/c1-12-7-8-14(11-16(12)26(19,24)25)20-18(23)13-4-2-5-15(10-13)21-9-3-6-17(21)22/h2,4-5,7-8,10-11H,3,6,9H2,1H3,(H,20,23)(H2,19,24,25). The molecule has 7 nitrogen and oxygen atoms in total. The maximum atomic E-state index is 12.5. The maximum absolute atomic E-state index is 12.5. The van der Waals surface area contributed by atoms with E-state index in [0.29, 0.717) is 35.5 Å².